The van der Waals surface area contributed by atoms with Crippen molar-refractivity contribution in [2.75, 3.05) is 0 Å². The molecule has 0 unspecified atom stereocenters. The van der Waals surface area contributed by atoms with E-state index in [1.165, 1.54) is 18.5 Å². The Balaban J connectivity index is 1.97. The number of fused-ring (bicyclic) bond motifs is 1. The van der Waals surface area contributed by atoms with E-state index in [1.807, 2.05) is 0 Å². The van der Waals surface area contributed by atoms with Gasteiger partial charge in [0.1, 0.15) is 17.7 Å². The maximum Gasteiger partial charge on any atom is 0.416 e. The van der Waals surface area contributed by atoms with Crippen LogP contribution in [-0.4, -0.2) is 15.0 Å². The number of ether oxygens (including phenoxy) is 1. The molecule has 0 saturated heterocycles. The summed E-state index contributed by atoms with van der Waals surface area (Å²) in [7, 11) is 0. The molecule has 2 heterocycles. The summed E-state index contributed by atoms with van der Waals surface area (Å²) in [4.78, 5) is 10.8. The highest BCUT2D eigenvalue weighted by Gasteiger charge is 2.30. The molecule has 102 valence electrons. The summed E-state index contributed by atoms with van der Waals surface area (Å²) in [6.45, 7) is 0. The molecule has 0 radical (unpaired) electrons. The lowest BCUT2D eigenvalue weighted by molar-refractivity contribution is -0.137. The highest BCUT2D eigenvalue weighted by molar-refractivity contribution is 5.80. The van der Waals surface area contributed by atoms with Gasteiger partial charge < -0.3 is 9.72 Å². The number of benzene rings is 1. The molecule has 0 fully saturated rings. The lowest BCUT2D eigenvalue weighted by atomic mass is 10.2. The van der Waals surface area contributed by atoms with Gasteiger partial charge in [-0.05, 0) is 24.3 Å². The van der Waals surface area contributed by atoms with Crippen LogP contribution < -0.4 is 4.74 Å². The molecule has 1 aromatic carbocycles. The molecule has 0 bridgehead atoms. The minimum absolute atomic E-state index is 0.0704. The van der Waals surface area contributed by atoms with E-state index in [0.29, 0.717) is 11.0 Å². The molecule has 0 aliphatic heterocycles. The van der Waals surface area contributed by atoms with Crippen LogP contribution in [0.2, 0.25) is 0 Å². The van der Waals surface area contributed by atoms with Crippen molar-refractivity contribution in [3.05, 3.63) is 48.4 Å². The van der Waals surface area contributed by atoms with Gasteiger partial charge in [-0.1, -0.05) is 6.07 Å². The minimum atomic E-state index is -4.41. The fraction of sp³-hybridized carbons (Fsp3) is 0.0769. The monoisotopic (exact) mass is 279 g/mol. The van der Waals surface area contributed by atoms with Gasteiger partial charge in [0.25, 0.3) is 0 Å². The lowest BCUT2D eigenvalue weighted by Crippen LogP contribution is -2.04. The Labute approximate surface area is 111 Å². The van der Waals surface area contributed by atoms with E-state index in [-0.39, 0.29) is 11.6 Å². The van der Waals surface area contributed by atoms with Gasteiger partial charge in [0, 0.05) is 6.20 Å². The zero-order chi connectivity index (χ0) is 14.2. The van der Waals surface area contributed by atoms with E-state index in [9.17, 15) is 13.2 Å². The van der Waals surface area contributed by atoms with E-state index < -0.39 is 11.7 Å². The minimum Gasteiger partial charge on any atom is -0.438 e. The second-order valence-electron chi connectivity index (χ2n) is 4.05. The highest BCUT2D eigenvalue weighted by atomic mass is 19.4. The van der Waals surface area contributed by atoms with Gasteiger partial charge in [-0.25, -0.2) is 9.97 Å². The number of aromatic nitrogens is 3. The Morgan fingerprint density at radius 3 is 2.75 bits per heavy atom. The van der Waals surface area contributed by atoms with Gasteiger partial charge in [-0.2, -0.15) is 13.2 Å². The number of hydrogen-bond acceptors (Lipinski definition) is 3. The van der Waals surface area contributed by atoms with Crippen molar-refractivity contribution in [3.63, 3.8) is 0 Å². The predicted molar refractivity (Wildman–Crippen MR) is 65.4 cm³/mol. The lowest BCUT2D eigenvalue weighted by Gasteiger charge is -2.09. The first-order valence-electron chi connectivity index (χ1n) is 5.67. The van der Waals surface area contributed by atoms with Crippen molar-refractivity contribution < 1.29 is 17.9 Å². The summed E-state index contributed by atoms with van der Waals surface area (Å²) in [5, 5.41) is 0.602. The Hall–Kier alpha value is -2.57. The SMILES string of the molecule is FC(F)(F)c1cccc(Oc2ncnc3[nH]ccc23)c1. The maximum absolute atomic E-state index is 12.6. The summed E-state index contributed by atoms with van der Waals surface area (Å²) in [6.07, 6.45) is -1.48. The van der Waals surface area contributed by atoms with Crippen LogP contribution >= 0.6 is 0 Å². The molecule has 1 N–H and O–H groups in total. The zero-order valence-electron chi connectivity index (χ0n) is 9.98. The molecule has 20 heavy (non-hydrogen) atoms. The van der Waals surface area contributed by atoms with Crippen LogP contribution in [0.25, 0.3) is 11.0 Å². The molecule has 7 heteroatoms. The van der Waals surface area contributed by atoms with Gasteiger partial charge in [-0.15, -0.1) is 0 Å². The number of nitrogens with one attached hydrogen (secondary N) is 1. The highest BCUT2D eigenvalue weighted by Crippen LogP contribution is 2.33. The molecule has 0 aliphatic carbocycles. The standard InChI is InChI=1S/C13H8F3N3O/c14-13(15,16)8-2-1-3-9(6-8)20-12-10-4-5-17-11(10)18-7-19-12/h1-7H,(H,17,18,19). The van der Waals surface area contributed by atoms with Gasteiger partial charge in [-0.3, -0.25) is 0 Å². The quantitative estimate of drug-likeness (QED) is 0.776. The summed E-state index contributed by atoms with van der Waals surface area (Å²) in [6, 6.07) is 6.33. The molecule has 0 atom stereocenters. The smallest absolute Gasteiger partial charge is 0.416 e. The van der Waals surface area contributed by atoms with Crippen LogP contribution in [0.4, 0.5) is 13.2 Å². The van der Waals surface area contributed by atoms with Crippen LogP contribution in [0.1, 0.15) is 5.56 Å². The number of rotatable bonds is 2. The van der Waals surface area contributed by atoms with Crippen LogP contribution in [0.3, 0.4) is 0 Å². The molecule has 0 amide bonds. The van der Waals surface area contributed by atoms with E-state index in [4.69, 9.17) is 4.74 Å². The van der Waals surface area contributed by atoms with E-state index in [1.54, 1.807) is 12.3 Å². The fourth-order valence-corrected chi connectivity index (χ4v) is 1.78. The van der Waals surface area contributed by atoms with Crippen molar-refractivity contribution >= 4 is 11.0 Å². The molecule has 4 nitrogen and oxygen atoms in total. The summed E-state index contributed by atoms with van der Waals surface area (Å²) in [5.74, 6) is 0.275. The Kier molecular flexibility index (Phi) is 2.81. The maximum atomic E-state index is 12.6. The normalized spacial score (nSPS) is 11.8. The average Bonchev–Trinajstić information content (AvgIpc) is 2.87. The second-order valence-corrected chi connectivity index (χ2v) is 4.05. The van der Waals surface area contributed by atoms with Crippen molar-refractivity contribution in [1.82, 2.24) is 15.0 Å². The molecular weight excluding hydrogens is 271 g/mol. The molecule has 3 aromatic rings. The summed E-state index contributed by atoms with van der Waals surface area (Å²) in [5.41, 5.74) is -0.212. The average molecular weight is 279 g/mol. The Morgan fingerprint density at radius 2 is 1.95 bits per heavy atom. The molecule has 2 aromatic heterocycles. The topological polar surface area (TPSA) is 50.8 Å². The van der Waals surface area contributed by atoms with E-state index >= 15 is 0 Å². The first-order valence-corrected chi connectivity index (χ1v) is 5.67. The number of hydrogen-bond donors (Lipinski definition) is 1. The number of H-pyrrole nitrogens is 1. The number of nitrogens with zero attached hydrogens (tertiary/aromatic N) is 2. The van der Waals surface area contributed by atoms with Gasteiger partial charge >= 0.3 is 6.18 Å². The van der Waals surface area contributed by atoms with Gasteiger partial charge in [0.2, 0.25) is 5.88 Å². The third-order valence-electron chi connectivity index (χ3n) is 2.69. The second kappa shape index (κ2) is 4.52. The molecule has 0 spiro atoms. The number of halogens is 3. The first kappa shape index (κ1) is 12.5. The Morgan fingerprint density at radius 1 is 1.10 bits per heavy atom. The van der Waals surface area contributed by atoms with Crippen molar-refractivity contribution in [3.8, 4) is 11.6 Å². The molecular formula is C13H8F3N3O. The number of aromatic amines is 1. The third kappa shape index (κ3) is 2.29. The van der Waals surface area contributed by atoms with Crippen LogP contribution in [0, 0.1) is 0 Å². The zero-order valence-corrected chi connectivity index (χ0v) is 9.98. The van der Waals surface area contributed by atoms with Crippen LogP contribution in [-0.2, 0) is 6.18 Å². The molecule has 0 aliphatic rings. The van der Waals surface area contributed by atoms with Crippen LogP contribution in [0.5, 0.6) is 11.6 Å². The summed E-state index contributed by atoms with van der Waals surface area (Å²) >= 11 is 0. The summed E-state index contributed by atoms with van der Waals surface area (Å²) < 4.78 is 43.3. The number of alkyl halides is 3. The Bertz CT molecular complexity index is 752. The van der Waals surface area contributed by atoms with Gasteiger partial charge in [0.15, 0.2) is 0 Å². The molecule has 3 rings (SSSR count). The van der Waals surface area contributed by atoms with Crippen molar-refractivity contribution in [2.45, 2.75) is 6.18 Å². The van der Waals surface area contributed by atoms with E-state index in [2.05, 4.69) is 15.0 Å². The third-order valence-corrected chi connectivity index (χ3v) is 2.69. The van der Waals surface area contributed by atoms with Crippen molar-refractivity contribution in [2.24, 2.45) is 0 Å². The molecule has 0 saturated carbocycles. The van der Waals surface area contributed by atoms with E-state index in [0.717, 1.165) is 12.1 Å². The van der Waals surface area contributed by atoms with Crippen LogP contribution in [0.15, 0.2) is 42.9 Å². The largest absolute Gasteiger partial charge is 0.438 e. The predicted octanol–water partition coefficient (Wildman–Crippen LogP) is 3.77. The van der Waals surface area contributed by atoms with Gasteiger partial charge in [0.05, 0.1) is 10.9 Å². The van der Waals surface area contributed by atoms with Crippen molar-refractivity contribution in [1.29, 1.82) is 0 Å². The first-order chi connectivity index (χ1) is 9.54. The fourth-order valence-electron chi connectivity index (χ4n) is 1.78.